The second-order valence-electron chi connectivity index (χ2n) is 5.86. The number of rotatable bonds is 7. The Morgan fingerprint density at radius 2 is 1.71 bits per heavy atom. The van der Waals surface area contributed by atoms with Crippen molar-refractivity contribution in [1.82, 2.24) is 0 Å². The lowest BCUT2D eigenvalue weighted by atomic mass is 10.1. The maximum atomic E-state index is 12.7. The van der Waals surface area contributed by atoms with Gasteiger partial charge >= 0.3 is 6.18 Å². The number of alkyl halides is 4. The maximum Gasteiger partial charge on any atom is 0.416 e. The van der Waals surface area contributed by atoms with Crippen molar-refractivity contribution in [1.29, 1.82) is 0 Å². The maximum absolute atomic E-state index is 12.7. The summed E-state index contributed by atoms with van der Waals surface area (Å²) in [5, 5.41) is 1.10. The summed E-state index contributed by atoms with van der Waals surface area (Å²) in [6.07, 6.45) is -4.42. The molecule has 148 valence electrons. The highest BCUT2D eigenvalue weighted by molar-refractivity contribution is 9.09. The van der Waals surface area contributed by atoms with Gasteiger partial charge in [-0.15, -0.1) is 0 Å². The zero-order valence-electron chi connectivity index (χ0n) is 14.6. The normalized spacial score (nSPS) is 11.7. The van der Waals surface area contributed by atoms with Gasteiger partial charge in [0.2, 0.25) is 0 Å². The van der Waals surface area contributed by atoms with E-state index < -0.39 is 11.7 Å². The second kappa shape index (κ2) is 8.79. The van der Waals surface area contributed by atoms with Gasteiger partial charge in [0, 0.05) is 23.0 Å². The summed E-state index contributed by atoms with van der Waals surface area (Å²) < 4.78 is 54.7. The fraction of sp³-hybridized carbons (Fsp3) is 0.250. The van der Waals surface area contributed by atoms with Gasteiger partial charge in [-0.05, 0) is 24.3 Å². The van der Waals surface area contributed by atoms with Crippen LogP contribution in [0.2, 0.25) is 0 Å². The van der Waals surface area contributed by atoms with Crippen LogP contribution in [0, 0.1) is 0 Å². The molecule has 3 rings (SSSR count). The first kappa shape index (κ1) is 20.4. The molecule has 4 nitrogen and oxygen atoms in total. The summed E-state index contributed by atoms with van der Waals surface area (Å²) in [5.74, 6) is 0.687. The van der Waals surface area contributed by atoms with E-state index in [-0.39, 0.29) is 11.2 Å². The van der Waals surface area contributed by atoms with E-state index in [1.54, 1.807) is 18.2 Å². The Kier molecular flexibility index (Phi) is 6.41. The monoisotopic (exact) mass is 456 g/mol. The lowest BCUT2D eigenvalue weighted by Gasteiger charge is -2.09. The first-order valence-corrected chi connectivity index (χ1v) is 9.52. The molecule has 0 N–H and O–H groups in total. The van der Waals surface area contributed by atoms with E-state index in [0.717, 1.165) is 17.5 Å². The zero-order chi connectivity index (χ0) is 20.1. The average molecular weight is 457 g/mol. The van der Waals surface area contributed by atoms with Gasteiger partial charge in [0.25, 0.3) is 0 Å². The Bertz CT molecular complexity index is 997. The molecule has 0 spiro atoms. The van der Waals surface area contributed by atoms with Gasteiger partial charge in [0.15, 0.2) is 5.43 Å². The van der Waals surface area contributed by atoms with Gasteiger partial charge in [-0.1, -0.05) is 28.1 Å². The van der Waals surface area contributed by atoms with Crippen molar-refractivity contribution in [3.05, 3.63) is 64.3 Å². The summed E-state index contributed by atoms with van der Waals surface area (Å²) in [5.41, 5.74) is -0.386. The summed E-state index contributed by atoms with van der Waals surface area (Å²) in [4.78, 5) is 12.3. The fourth-order valence-corrected chi connectivity index (χ4v) is 2.79. The summed E-state index contributed by atoms with van der Waals surface area (Å²) in [6.45, 7) is 1.33. The second-order valence-corrected chi connectivity index (χ2v) is 6.65. The molecule has 0 atom stereocenters. The molecule has 2 aromatic carbocycles. The quantitative estimate of drug-likeness (QED) is 0.359. The Hall–Kier alpha value is -2.32. The van der Waals surface area contributed by atoms with Crippen molar-refractivity contribution >= 4 is 26.9 Å². The highest BCUT2D eigenvalue weighted by Crippen LogP contribution is 2.31. The molecule has 0 aliphatic heterocycles. The molecular formula is C20H16BrF3O4. The van der Waals surface area contributed by atoms with Gasteiger partial charge in [-0.25, -0.2) is 0 Å². The molecule has 1 aromatic heterocycles. The molecule has 0 unspecified atom stereocenters. The molecule has 0 bridgehead atoms. The number of hydrogen-bond acceptors (Lipinski definition) is 4. The Labute approximate surface area is 167 Å². The van der Waals surface area contributed by atoms with Gasteiger partial charge in [-0.3, -0.25) is 4.79 Å². The molecule has 28 heavy (non-hydrogen) atoms. The van der Waals surface area contributed by atoms with Crippen molar-refractivity contribution in [2.24, 2.45) is 0 Å². The number of halogens is 4. The van der Waals surface area contributed by atoms with Gasteiger partial charge in [0.1, 0.15) is 23.7 Å². The molecule has 0 saturated carbocycles. The zero-order valence-corrected chi connectivity index (χ0v) is 16.2. The number of benzene rings is 2. The molecule has 0 aliphatic carbocycles. The Balaban J connectivity index is 1.85. The van der Waals surface area contributed by atoms with Crippen LogP contribution in [0.15, 0.2) is 57.7 Å². The Morgan fingerprint density at radius 1 is 0.964 bits per heavy atom. The first-order chi connectivity index (χ1) is 13.4. The lowest BCUT2D eigenvalue weighted by molar-refractivity contribution is -0.137. The molecule has 0 fully saturated rings. The van der Waals surface area contributed by atoms with Crippen molar-refractivity contribution in [3.63, 3.8) is 0 Å². The van der Waals surface area contributed by atoms with Crippen LogP contribution in [-0.4, -0.2) is 25.2 Å². The smallest absolute Gasteiger partial charge is 0.416 e. The fourth-order valence-electron chi connectivity index (χ4n) is 2.57. The van der Waals surface area contributed by atoms with Gasteiger partial charge in [-0.2, -0.15) is 13.2 Å². The van der Waals surface area contributed by atoms with Crippen LogP contribution >= 0.6 is 15.9 Å². The molecular weight excluding hydrogens is 441 g/mol. The SMILES string of the molecule is O=c1cc(-c2ccc(C(F)(F)F)cc2)oc2cc(OCCOCCBr)ccc12. The molecule has 0 aliphatic rings. The van der Waals surface area contributed by atoms with Crippen molar-refractivity contribution in [2.45, 2.75) is 6.18 Å². The largest absolute Gasteiger partial charge is 0.491 e. The summed E-state index contributed by atoms with van der Waals surface area (Å²) >= 11 is 3.26. The molecule has 1 heterocycles. The lowest BCUT2D eigenvalue weighted by Crippen LogP contribution is -2.08. The van der Waals surface area contributed by atoms with E-state index in [1.165, 1.54) is 18.2 Å². The van der Waals surface area contributed by atoms with Crippen LogP contribution in [0.5, 0.6) is 5.75 Å². The van der Waals surface area contributed by atoms with E-state index in [2.05, 4.69) is 15.9 Å². The van der Waals surface area contributed by atoms with Crippen LogP contribution in [-0.2, 0) is 10.9 Å². The minimum atomic E-state index is -4.42. The number of hydrogen-bond donors (Lipinski definition) is 0. The van der Waals surface area contributed by atoms with Crippen LogP contribution in [0.3, 0.4) is 0 Å². The van der Waals surface area contributed by atoms with E-state index in [1.807, 2.05) is 0 Å². The minimum Gasteiger partial charge on any atom is -0.491 e. The molecule has 0 amide bonds. The third-order valence-corrected chi connectivity index (χ3v) is 4.24. The van der Waals surface area contributed by atoms with Crippen LogP contribution < -0.4 is 10.2 Å². The summed E-state index contributed by atoms with van der Waals surface area (Å²) in [6, 6.07) is 10.5. The molecule has 0 saturated heterocycles. The van der Waals surface area contributed by atoms with E-state index in [0.29, 0.717) is 42.1 Å². The Morgan fingerprint density at radius 3 is 2.39 bits per heavy atom. The third-order valence-electron chi connectivity index (χ3n) is 3.92. The van der Waals surface area contributed by atoms with E-state index >= 15 is 0 Å². The van der Waals surface area contributed by atoms with Crippen LogP contribution in [0.1, 0.15) is 5.56 Å². The van der Waals surface area contributed by atoms with Crippen molar-refractivity contribution in [2.75, 3.05) is 25.2 Å². The average Bonchev–Trinajstić information content (AvgIpc) is 2.67. The molecule has 0 radical (unpaired) electrons. The van der Waals surface area contributed by atoms with Crippen LogP contribution in [0.25, 0.3) is 22.3 Å². The standard InChI is InChI=1S/C20H16BrF3O4/c21-7-8-26-9-10-27-15-5-6-16-17(25)12-18(28-19(16)11-15)13-1-3-14(4-2-13)20(22,23)24/h1-6,11-12H,7-10H2. The number of fused-ring (bicyclic) bond motifs is 1. The highest BCUT2D eigenvalue weighted by atomic mass is 79.9. The van der Waals surface area contributed by atoms with Crippen LogP contribution in [0.4, 0.5) is 13.2 Å². The molecule has 3 aromatic rings. The predicted molar refractivity (Wildman–Crippen MR) is 103 cm³/mol. The van der Waals surface area contributed by atoms with E-state index in [4.69, 9.17) is 13.9 Å². The first-order valence-electron chi connectivity index (χ1n) is 8.40. The van der Waals surface area contributed by atoms with Crippen molar-refractivity contribution in [3.8, 4) is 17.1 Å². The number of ether oxygens (including phenoxy) is 2. The van der Waals surface area contributed by atoms with E-state index in [9.17, 15) is 18.0 Å². The van der Waals surface area contributed by atoms with Gasteiger partial charge in [0.05, 0.1) is 24.2 Å². The molecule has 8 heteroatoms. The third kappa shape index (κ3) is 4.94. The summed E-state index contributed by atoms with van der Waals surface area (Å²) in [7, 11) is 0. The highest BCUT2D eigenvalue weighted by Gasteiger charge is 2.30. The van der Waals surface area contributed by atoms with Gasteiger partial charge < -0.3 is 13.9 Å². The predicted octanol–water partition coefficient (Wildman–Crippen LogP) is 5.27. The topological polar surface area (TPSA) is 48.7 Å². The van der Waals surface area contributed by atoms with Crippen molar-refractivity contribution < 1.29 is 27.1 Å². The minimum absolute atomic E-state index is 0.184.